The van der Waals surface area contributed by atoms with E-state index in [2.05, 4.69) is 45.2 Å². The largest absolute Gasteiger partial charge is 0.549 e. The van der Waals surface area contributed by atoms with E-state index < -0.39 is 53.8 Å². The molecule has 0 spiro atoms. The molecule has 0 saturated carbocycles. The third-order valence-corrected chi connectivity index (χ3v) is 18.5. The third kappa shape index (κ3) is 245. The molecule has 9 N–H and O–H groups in total. The molecule has 0 aromatic carbocycles. The molecule has 0 aliphatic heterocycles. The van der Waals surface area contributed by atoms with E-state index in [-0.39, 0.29) is 0 Å². The van der Waals surface area contributed by atoms with Crippen molar-refractivity contribution in [2.24, 2.45) is 0 Å². The molecule has 0 amide bonds. The minimum Gasteiger partial charge on any atom is -0.400 e. The van der Waals surface area contributed by atoms with Crippen molar-refractivity contribution in [3.05, 3.63) is 0 Å². The van der Waals surface area contributed by atoms with Crippen molar-refractivity contribution in [1.82, 2.24) is 0 Å². The van der Waals surface area contributed by atoms with Gasteiger partial charge in [0.15, 0.2) is 0 Å². The number of hydrogen-bond donors (Lipinski definition) is 9. The van der Waals surface area contributed by atoms with Crippen molar-refractivity contribution < 1.29 is 117 Å². The summed E-state index contributed by atoms with van der Waals surface area (Å²) in [6, 6.07) is 3.44. The second-order valence-electron chi connectivity index (χ2n) is 7.64. The van der Waals surface area contributed by atoms with Gasteiger partial charge in [-0.05, 0) is 21.7 Å². The normalized spacial score (nSPS) is 6.98. The summed E-state index contributed by atoms with van der Waals surface area (Å²) >= 11 is 4.66. The van der Waals surface area contributed by atoms with Crippen LogP contribution in [0.25, 0.3) is 0 Å². The zero-order valence-corrected chi connectivity index (χ0v) is 79.3. The molecule has 0 fully saturated rings. The highest BCUT2D eigenvalue weighted by molar-refractivity contribution is 14.1. The van der Waals surface area contributed by atoms with Gasteiger partial charge < -0.3 is 99.1 Å². The fraction of sp³-hybridized carbons (Fsp3) is 1.00. The molecule has 588 valence electrons. The number of rotatable bonds is 20. The Morgan fingerprint density at radius 1 is 0.233 bits per heavy atom. The van der Waals surface area contributed by atoms with E-state index in [1.54, 1.807) is 85.3 Å². The first kappa shape index (κ1) is 186. The van der Waals surface area contributed by atoms with Gasteiger partial charge in [-0.2, -0.15) is 0 Å². The first-order chi connectivity index (χ1) is 43.8. The quantitative estimate of drug-likeness (QED) is 0.0310. The summed E-state index contributed by atoms with van der Waals surface area (Å²) in [6.45, 7) is 56.0. The Morgan fingerprint density at radius 2 is 0.311 bits per heavy atom. The minimum atomic E-state index is -2.24. The minimum absolute atomic E-state index is 0.816. The van der Waals surface area contributed by atoms with Gasteiger partial charge in [-0.15, -0.1) is 0 Å². The van der Waals surface area contributed by atoms with Gasteiger partial charge in [0, 0.05) is 173 Å². The molecule has 0 aliphatic carbocycles. The molecule has 33 heteroatoms. The van der Waals surface area contributed by atoms with E-state index in [0.717, 1.165) is 110 Å². The lowest BCUT2D eigenvalue weighted by Crippen LogP contribution is -2.42. The highest BCUT2D eigenvalue weighted by Crippen LogP contribution is 2.16. The van der Waals surface area contributed by atoms with Crippen molar-refractivity contribution in [3.8, 4) is 0 Å². The molecule has 0 unspecified atom stereocenters. The Kier molecular flexibility index (Phi) is 665. The van der Waals surface area contributed by atoms with Crippen LogP contribution >= 0.6 is 45.2 Å². The van der Waals surface area contributed by atoms with Crippen LogP contribution in [0.4, 0.5) is 0 Å². The lowest BCUT2D eigenvalue weighted by Gasteiger charge is -2.23. The second-order valence-corrected chi connectivity index (χ2v) is 22.9. The third-order valence-electron chi connectivity index (χ3n) is 5.83. The van der Waals surface area contributed by atoms with Crippen LogP contribution in [-0.2, 0) is 71.0 Å². The van der Waals surface area contributed by atoms with Gasteiger partial charge in [-0.1, -0.05) is 239 Å². The Hall–Kier alpha value is 1.12. The van der Waals surface area contributed by atoms with E-state index >= 15 is 0 Å². The molecule has 0 saturated heterocycles. The van der Waals surface area contributed by atoms with Gasteiger partial charge in [-0.25, -0.2) is 0 Å². The average Bonchev–Trinajstić information content (AvgIpc) is 3.70. The predicted octanol–water partition coefficient (Wildman–Crippen LogP) is 13.7. The van der Waals surface area contributed by atoms with Crippen LogP contribution in [0.1, 0.15) is 207 Å². The highest BCUT2D eigenvalue weighted by atomic mass is 127. The summed E-state index contributed by atoms with van der Waals surface area (Å²) in [5, 5.41) is 63.0. The average molecular weight is 1680 g/mol. The SMILES string of the molecule is CC.CC.CC.CC.CC.CC.CC.CC.CC.CC.CC.CC.CC.CC[Si](OC)(OC)OC.CC[Si](OC)(OC)OC.CO.CO.CO.CO.CO.CO.CO.CO.CO.CO[Si](CCCI)(OC)OC.CO[Si](CCCI)(OC)OC.O=[Si]=O.O=[Si]=O. The van der Waals surface area contributed by atoms with Crippen LogP contribution in [-0.4, -0.2) is 258 Å². The summed E-state index contributed by atoms with van der Waals surface area (Å²) in [5.41, 5.74) is 0. The molecule has 0 atom stereocenters. The molecule has 0 heterocycles. The van der Waals surface area contributed by atoms with Crippen molar-refractivity contribution in [2.75, 3.05) is 158 Å². The van der Waals surface area contributed by atoms with E-state index in [9.17, 15) is 0 Å². The number of aliphatic hydroxyl groups is 9. The van der Waals surface area contributed by atoms with Crippen LogP contribution in [0, 0.1) is 0 Å². The molecule has 0 radical (unpaired) electrons. The van der Waals surface area contributed by atoms with Crippen molar-refractivity contribution >= 4 is 99.0 Å². The van der Waals surface area contributed by atoms with Crippen LogP contribution in [0.5, 0.6) is 0 Å². The van der Waals surface area contributed by atoms with Gasteiger partial charge in [0.25, 0.3) is 0 Å². The lowest BCUT2D eigenvalue weighted by atomic mass is 10.6. The highest BCUT2D eigenvalue weighted by Gasteiger charge is 2.38. The van der Waals surface area contributed by atoms with Gasteiger partial charge in [-0.3, -0.25) is 17.8 Å². The Morgan fingerprint density at radius 3 is 0.344 bits per heavy atom. The predicted molar refractivity (Wildman–Crippen MR) is 420 cm³/mol. The number of hydrogen-bond acceptors (Lipinski definition) is 25. The Labute approximate surface area is 600 Å². The summed E-state index contributed by atoms with van der Waals surface area (Å²) in [7, 11) is 16.9. The molecule has 0 aliphatic rings. The van der Waals surface area contributed by atoms with Gasteiger partial charge in [0.1, 0.15) is 0 Å². The standard InChI is InChI=1S/2C6H15IO3Si.2C5H14O3Si.13C2H6.9CH4O.2O2Si/c2*1-8-11(9-2,10-3)6-4-5-7;2*1-5-9(6-2,7-3)8-4;22*1-2;2*1-3-2/h2*4-6H2,1-3H3;2*5H2,1-4H3;13*1-2H3;9*2H,1H3;;. The number of aliphatic hydroxyl groups excluding tert-OH is 9. The van der Waals surface area contributed by atoms with E-state index in [0.29, 0.717) is 0 Å². The molecule has 25 nitrogen and oxygen atoms in total. The van der Waals surface area contributed by atoms with Gasteiger partial charge in [0.2, 0.25) is 0 Å². The molecule has 0 bridgehead atoms. The van der Waals surface area contributed by atoms with Crippen LogP contribution < -0.4 is 0 Å². The fourth-order valence-corrected chi connectivity index (χ4v) is 11.4. The number of alkyl halides is 2. The number of halogens is 2. The smallest absolute Gasteiger partial charge is 0.400 e. The summed E-state index contributed by atoms with van der Waals surface area (Å²) in [5.74, 6) is 0. The second kappa shape index (κ2) is 322. The zero-order valence-electron chi connectivity index (χ0n) is 69.0. The molecule has 0 rings (SSSR count). The molecular formula is C57H172I2O25Si6. The Balaban J connectivity index is -0.0000000178. The maximum absolute atomic E-state index is 8.40. The van der Waals surface area contributed by atoms with Crippen molar-refractivity contribution in [1.29, 1.82) is 0 Å². The van der Waals surface area contributed by atoms with Gasteiger partial charge in [0.05, 0.1) is 0 Å². The Bertz CT molecular complexity index is 617. The molecular weight excluding hydrogens is 1510 g/mol. The summed E-state index contributed by atoms with van der Waals surface area (Å²) in [6.07, 6.45) is 2.17. The maximum Gasteiger partial charge on any atom is 0.549 e. The van der Waals surface area contributed by atoms with E-state index in [4.69, 9.17) is 117 Å². The topological polar surface area (TPSA) is 361 Å². The van der Waals surface area contributed by atoms with E-state index in [1.807, 2.05) is 194 Å². The lowest BCUT2D eigenvalue weighted by molar-refractivity contribution is 0.123. The van der Waals surface area contributed by atoms with Crippen LogP contribution in [0.2, 0.25) is 24.2 Å². The fourth-order valence-electron chi connectivity index (χ4n) is 3.05. The first-order valence-corrected chi connectivity index (χ1v) is 43.0. The zero-order chi connectivity index (χ0) is 81.6. The van der Waals surface area contributed by atoms with Crippen molar-refractivity contribution in [2.45, 2.75) is 231 Å². The summed E-state index contributed by atoms with van der Waals surface area (Å²) < 4.78 is 97.7. The van der Waals surface area contributed by atoms with Crippen LogP contribution in [0.3, 0.4) is 0 Å². The molecule has 0 aromatic rings. The summed E-state index contributed by atoms with van der Waals surface area (Å²) in [4.78, 5) is 0. The molecule has 90 heavy (non-hydrogen) atoms. The monoisotopic (exact) mass is 1680 g/mol. The van der Waals surface area contributed by atoms with Gasteiger partial charge >= 0.3 is 53.8 Å². The first-order valence-electron chi connectivity index (χ1n) is 30.6. The van der Waals surface area contributed by atoms with Crippen LogP contribution in [0.15, 0.2) is 0 Å². The van der Waals surface area contributed by atoms with Crippen molar-refractivity contribution in [3.63, 3.8) is 0 Å². The maximum atomic E-state index is 8.40. The van der Waals surface area contributed by atoms with E-state index in [1.165, 1.54) is 0 Å². The molecule has 0 aromatic heterocycles.